The van der Waals surface area contributed by atoms with Crippen LogP contribution in [0.3, 0.4) is 0 Å². The highest BCUT2D eigenvalue weighted by atomic mass is 16.3. The molecule has 0 aliphatic carbocycles. The Kier molecular flexibility index (Phi) is 5.13. The first-order valence-electron chi connectivity index (χ1n) is 8.34. The second-order valence-corrected chi connectivity index (χ2v) is 6.17. The van der Waals surface area contributed by atoms with Crippen molar-refractivity contribution in [1.82, 2.24) is 10.2 Å². The van der Waals surface area contributed by atoms with Crippen LogP contribution in [0.5, 0.6) is 0 Å². The van der Waals surface area contributed by atoms with Crippen molar-refractivity contribution in [2.24, 2.45) is 0 Å². The molecule has 0 bridgehead atoms. The molecular weight excluding hydrogens is 288 g/mol. The summed E-state index contributed by atoms with van der Waals surface area (Å²) in [6, 6.07) is 13.9. The minimum atomic E-state index is -0.207. The molecule has 2 heterocycles. The third-order valence-corrected chi connectivity index (χ3v) is 4.32. The van der Waals surface area contributed by atoms with Crippen molar-refractivity contribution in [3.05, 3.63) is 59.5 Å². The van der Waals surface area contributed by atoms with Gasteiger partial charge in [0.1, 0.15) is 11.5 Å². The van der Waals surface area contributed by atoms with Gasteiger partial charge in [0, 0.05) is 13.1 Å². The number of likely N-dealkylation sites (tertiary alicyclic amines) is 1. The number of carbonyl (C=O) groups is 1. The van der Waals surface area contributed by atoms with E-state index in [9.17, 15) is 4.79 Å². The second-order valence-electron chi connectivity index (χ2n) is 6.17. The number of carbonyl (C=O) groups excluding carboxylic acids is 1. The normalized spacial score (nSPS) is 15.8. The van der Waals surface area contributed by atoms with E-state index in [1.165, 1.54) is 5.56 Å². The first-order valence-corrected chi connectivity index (χ1v) is 8.34. The largest absolute Gasteiger partial charge is 0.465 e. The topological polar surface area (TPSA) is 45.5 Å². The Labute approximate surface area is 137 Å². The number of nitrogens with zero attached hydrogens (tertiary/aromatic N) is 1. The number of hydrogen-bond donors (Lipinski definition) is 1. The van der Waals surface area contributed by atoms with Gasteiger partial charge in [0.15, 0.2) is 0 Å². The maximum atomic E-state index is 12.8. The molecule has 2 aromatic rings. The Balaban J connectivity index is 1.68. The molecule has 1 amide bonds. The van der Waals surface area contributed by atoms with Gasteiger partial charge in [-0.2, -0.15) is 0 Å². The highest BCUT2D eigenvalue weighted by molar-refractivity contribution is 5.82. The first-order chi connectivity index (χ1) is 11.2. The third-order valence-electron chi connectivity index (χ3n) is 4.32. The molecule has 1 aromatic carbocycles. The molecule has 1 aromatic heterocycles. The molecule has 23 heavy (non-hydrogen) atoms. The minimum Gasteiger partial charge on any atom is -0.465 e. The van der Waals surface area contributed by atoms with Gasteiger partial charge in [0.25, 0.3) is 0 Å². The molecule has 1 aliphatic rings. The van der Waals surface area contributed by atoms with Crippen LogP contribution >= 0.6 is 0 Å². The molecule has 122 valence electrons. The molecule has 1 atom stereocenters. The Morgan fingerprint density at radius 1 is 1.17 bits per heavy atom. The lowest BCUT2D eigenvalue weighted by atomic mass is 10.0. The summed E-state index contributed by atoms with van der Waals surface area (Å²) >= 11 is 0. The number of hydrogen-bond acceptors (Lipinski definition) is 3. The van der Waals surface area contributed by atoms with E-state index in [1.807, 2.05) is 42.2 Å². The van der Waals surface area contributed by atoms with Crippen LogP contribution in [-0.4, -0.2) is 29.9 Å². The number of aryl methyl sites for hydroxylation is 1. The van der Waals surface area contributed by atoms with Gasteiger partial charge in [-0.05, 0) is 43.9 Å². The maximum Gasteiger partial charge on any atom is 0.240 e. The first kappa shape index (κ1) is 15.8. The van der Waals surface area contributed by atoms with Crippen molar-refractivity contribution in [2.75, 3.05) is 13.1 Å². The summed E-state index contributed by atoms with van der Waals surface area (Å²) in [4.78, 5) is 14.8. The van der Waals surface area contributed by atoms with Crippen LogP contribution in [0.15, 0.2) is 46.9 Å². The van der Waals surface area contributed by atoms with Gasteiger partial charge < -0.3 is 9.32 Å². The molecule has 0 spiro atoms. The van der Waals surface area contributed by atoms with Crippen LogP contribution < -0.4 is 5.32 Å². The Morgan fingerprint density at radius 2 is 1.91 bits per heavy atom. The Hall–Kier alpha value is -2.07. The summed E-state index contributed by atoms with van der Waals surface area (Å²) in [5, 5.41) is 3.39. The van der Waals surface area contributed by atoms with Crippen molar-refractivity contribution in [3.8, 4) is 0 Å². The monoisotopic (exact) mass is 312 g/mol. The molecule has 4 nitrogen and oxygen atoms in total. The summed E-state index contributed by atoms with van der Waals surface area (Å²) in [5.74, 6) is 1.97. The molecule has 1 fully saturated rings. The highest BCUT2D eigenvalue weighted by Gasteiger charge is 2.26. The second kappa shape index (κ2) is 7.47. The molecular formula is C19H24N2O2. The van der Waals surface area contributed by atoms with Crippen molar-refractivity contribution < 1.29 is 9.21 Å². The molecule has 3 rings (SSSR count). The fourth-order valence-electron chi connectivity index (χ4n) is 3.06. The van der Waals surface area contributed by atoms with Crippen LogP contribution in [0.25, 0.3) is 0 Å². The molecule has 1 unspecified atom stereocenters. The van der Waals surface area contributed by atoms with E-state index < -0.39 is 0 Å². The predicted octanol–water partition coefficient (Wildman–Crippen LogP) is 2.91. The van der Waals surface area contributed by atoms with Gasteiger partial charge in [0.2, 0.25) is 5.91 Å². The zero-order valence-corrected chi connectivity index (χ0v) is 13.6. The zero-order valence-electron chi connectivity index (χ0n) is 13.6. The van der Waals surface area contributed by atoms with Gasteiger partial charge in [-0.15, -0.1) is 0 Å². The molecule has 0 saturated carbocycles. The van der Waals surface area contributed by atoms with Crippen molar-refractivity contribution in [2.45, 2.75) is 38.8 Å². The van der Waals surface area contributed by atoms with Crippen LogP contribution in [0.1, 0.15) is 29.9 Å². The van der Waals surface area contributed by atoms with Crippen LogP contribution in [0, 0.1) is 6.92 Å². The van der Waals surface area contributed by atoms with Crippen molar-refractivity contribution in [1.29, 1.82) is 0 Å². The number of nitrogens with one attached hydrogen (secondary N) is 1. The molecule has 1 N–H and O–H groups in total. The predicted molar refractivity (Wildman–Crippen MR) is 90.0 cm³/mol. The Morgan fingerprint density at radius 3 is 2.57 bits per heavy atom. The van der Waals surface area contributed by atoms with E-state index in [2.05, 4.69) is 17.4 Å². The van der Waals surface area contributed by atoms with E-state index in [-0.39, 0.29) is 11.9 Å². The molecule has 1 saturated heterocycles. The van der Waals surface area contributed by atoms with Crippen LogP contribution in [0.2, 0.25) is 0 Å². The summed E-state index contributed by atoms with van der Waals surface area (Å²) in [7, 11) is 0. The average Bonchev–Trinajstić information content (AvgIpc) is 3.23. The van der Waals surface area contributed by atoms with Gasteiger partial charge >= 0.3 is 0 Å². The summed E-state index contributed by atoms with van der Waals surface area (Å²) in [5.41, 5.74) is 1.17. The van der Waals surface area contributed by atoms with E-state index in [0.29, 0.717) is 13.0 Å². The average molecular weight is 312 g/mol. The van der Waals surface area contributed by atoms with Gasteiger partial charge in [-0.1, -0.05) is 30.3 Å². The van der Waals surface area contributed by atoms with E-state index >= 15 is 0 Å². The van der Waals surface area contributed by atoms with E-state index in [4.69, 9.17) is 4.42 Å². The van der Waals surface area contributed by atoms with Gasteiger partial charge in [-0.3, -0.25) is 10.1 Å². The summed E-state index contributed by atoms with van der Waals surface area (Å²) in [6.07, 6.45) is 2.93. The maximum absolute atomic E-state index is 12.8. The Bertz CT molecular complexity index is 630. The zero-order chi connectivity index (χ0) is 16.1. The molecule has 0 radical (unpaired) electrons. The molecule has 1 aliphatic heterocycles. The smallest absolute Gasteiger partial charge is 0.240 e. The van der Waals surface area contributed by atoms with E-state index in [1.54, 1.807) is 0 Å². The number of amides is 1. The lowest BCUT2D eigenvalue weighted by Gasteiger charge is -2.24. The lowest BCUT2D eigenvalue weighted by Crippen LogP contribution is -2.46. The number of benzene rings is 1. The SMILES string of the molecule is Cc1ccc(CNC(Cc2ccccc2)C(=O)N2CCCC2)o1. The van der Waals surface area contributed by atoms with Crippen LogP contribution in [-0.2, 0) is 17.8 Å². The standard InChI is InChI=1S/C19H24N2O2/c1-15-9-10-17(23-15)14-20-18(13-16-7-3-2-4-8-16)19(22)21-11-5-6-12-21/h2-4,7-10,18,20H,5-6,11-14H2,1H3. The van der Waals surface area contributed by atoms with Gasteiger partial charge in [0.05, 0.1) is 12.6 Å². The van der Waals surface area contributed by atoms with Crippen molar-refractivity contribution in [3.63, 3.8) is 0 Å². The van der Waals surface area contributed by atoms with Crippen LogP contribution in [0.4, 0.5) is 0 Å². The number of rotatable bonds is 6. The van der Waals surface area contributed by atoms with E-state index in [0.717, 1.165) is 37.5 Å². The quantitative estimate of drug-likeness (QED) is 0.892. The minimum absolute atomic E-state index is 0.203. The number of furan rings is 1. The third kappa shape index (κ3) is 4.23. The highest BCUT2D eigenvalue weighted by Crippen LogP contribution is 2.13. The lowest BCUT2D eigenvalue weighted by molar-refractivity contribution is -0.132. The molecule has 4 heteroatoms. The van der Waals surface area contributed by atoms with Gasteiger partial charge in [-0.25, -0.2) is 0 Å². The summed E-state index contributed by atoms with van der Waals surface area (Å²) in [6.45, 7) is 4.27. The summed E-state index contributed by atoms with van der Waals surface area (Å²) < 4.78 is 5.60. The fourth-order valence-corrected chi connectivity index (χ4v) is 3.06. The fraction of sp³-hybridized carbons (Fsp3) is 0.421. The van der Waals surface area contributed by atoms with Crippen molar-refractivity contribution >= 4 is 5.91 Å².